The van der Waals surface area contributed by atoms with Crippen LogP contribution in [-0.4, -0.2) is 12.1 Å². The van der Waals surface area contributed by atoms with Gasteiger partial charge in [-0.1, -0.05) is 18.2 Å². The summed E-state index contributed by atoms with van der Waals surface area (Å²) in [5.74, 6) is 0.687. The maximum absolute atomic E-state index is 11.5. The predicted octanol–water partition coefficient (Wildman–Crippen LogP) is 2.61. The summed E-state index contributed by atoms with van der Waals surface area (Å²) in [5.41, 5.74) is 0.831. The van der Waals surface area contributed by atoms with E-state index in [0.29, 0.717) is 5.92 Å². The Morgan fingerprint density at radius 1 is 1.33 bits per heavy atom. The van der Waals surface area contributed by atoms with Gasteiger partial charge in [0.15, 0.2) is 0 Å². The Morgan fingerprint density at radius 3 is 2.60 bits per heavy atom. The third-order valence-corrected chi connectivity index (χ3v) is 2.72. The molecule has 0 aliphatic heterocycles. The smallest absolute Gasteiger partial charge is 0.319 e. The molecule has 3 heteroatoms. The highest BCUT2D eigenvalue weighted by Gasteiger charge is 2.28. The molecule has 1 saturated carbocycles. The van der Waals surface area contributed by atoms with E-state index in [-0.39, 0.29) is 12.1 Å². The number of nitrogens with one attached hydrogen (secondary N) is 2. The lowest BCUT2D eigenvalue weighted by Crippen LogP contribution is -2.37. The van der Waals surface area contributed by atoms with Crippen molar-refractivity contribution in [3.63, 3.8) is 0 Å². The van der Waals surface area contributed by atoms with Crippen LogP contribution in [0, 0.1) is 5.92 Å². The average molecular weight is 204 g/mol. The van der Waals surface area contributed by atoms with Crippen molar-refractivity contribution in [3.8, 4) is 0 Å². The summed E-state index contributed by atoms with van der Waals surface area (Å²) >= 11 is 0. The van der Waals surface area contributed by atoms with Crippen molar-refractivity contribution in [2.75, 3.05) is 5.32 Å². The van der Waals surface area contributed by atoms with Crippen LogP contribution >= 0.6 is 0 Å². The fraction of sp³-hybridized carbons (Fsp3) is 0.417. The summed E-state index contributed by atoms with van der Waals surface area (Å²) < 4.78 is 0. The molecule has 2 N–H and O–H groups in total. The Balaban J connectivity index is 1.81. The standard InChI is InChI=1S/C12H16N2O/c1-9(10-7-8-10)13-12(15)14-11-5-3-2-4-6-11/h2-6,9-10H,7-8H2,1H3,(H2,13,14,15)/t9-/m1/s1. The maximum Gasteiger partial charge on any atom is 0.319 e. The molecule has 1 aromatic rings. The number of hydrogen-bond acceptors (Lipinski definition) is 1. The first-order chi connectivity index (χ1) is 7.25. The van der Waals surface area contributed by atoms with E-state index in [0.717, 1.165) is 5.69 Å². The molecule has 0 unspecified atom stereocenters. The van der Waals surface area contributed by atoms with Crippen LogP contribution in [0.5, 0.6) is 0 Å². The normalized spacial score (nSPS) is 16.9. The lowest BCUT2D eigenvalue weighted by atomic mass is 10.2. The molecule has 1 aromatic carbocycles. The van der Waals surface area contributed by atoms with Crippen molar-refractivity contribution in [2.24, 2.45) is 5.92 Å². The summed E-state index contributed by atoms with van der Waals surface area (Å²) in [5, 5.41) is 5.75. The maximum atomic E-state index is 11.5. The number of para-hydroxylation sites is 1. The number of urea groups is 1. The topological polar surface area (TPSA) is 41.1 Å². The highest BCUT2D eigenvalue weighted by Crippen LogP contribution is 2.32. The van der Waals surface area contributed by atoms with E-state index >= 15 is 0 Å². The molecular weight excluding hydrogens is 188 g/mol. The summed E-state index contributed by atoms with van der Waals surface area (Å²) in [6.07, 6.45) is 2.49. The van der Waals surface area contributed by atoms with Crippen molar-refractivity contribution < 1.29 is 4.79 Å². The van der Waals surface area contributed by atoms with Crippen LogP contribution in [-0.2, 0) is 0 Å². The predicted molar refractivity (Wildman–Crippen MR) is 60.8 cm³/mol. The summed E-state index contributed by atoms with van der Waals surface area (Å²) in [6.45, 7) is 2.06. The van der Waals surface area contributed by atoms with Gasteiger partial charge in [0.2, 0.25) is 0 Å². The molecule has 3 nitrogen and oxygen atoms in total. The van der Waals surface area contributed by atoms with Gasteiger partial charge in [-0.15, -0.1) is 0 Å². The zero-order valence-electron chi connectivity index (χ0n) is 8.86. The Morgan fingerprint density at radius 2 is 2.00 bits per heavy atom. The van der Waals surface area contributed by atoms with Gasteiger partial charge in [0.05, 0.1) is 0 Å². The first-order valence-corrected chi connectivity index (χ1v) is 5.38. The van der Waals surface area contributed by atoms with Gasteiger partial charge in [-0.05, 0) is 37.8 Å². The molecule has 2 rings (SSSR count). The van der Waals surface area contributed by atoms with E-state index in [4.69, 9.17) is 0 Å². The largest absolute Gasteiger partial charge is 0.335 e. The first kappa shape index (κ1) is 10.0. The zero-order valence-corrected chi connectivity index (χ0v) is 8.86. The van der Waals surface area contributed by atoms with Crippen LogP contribution in [0.2, 0.25) is 0 Å². The van der Waals surface area contributed by atoms with Crippen LogP contribution in [0.25, 0.3) is 0 Å². The Bertz CT molecular complexity index is 333. The minimum Gasteiger partial charge on any atom is -0.335 e. The lowest BCUT2D eigenvalue weighted by molar-refractivity contribution is 0.248. The highest BCUT2D eigenvalue weighted by atomic mass is 16.2. The quantitative estimate of drug-likeness (QED) is 0.780. The second-order valence-corrected chi connectivity index (χ2v) is 4.09. The van der Waals surface area contributed by atoms with Gasteiger partial charge in [0.25, 0.3) is 0 Å². The van der Waals surface area contributed by atoms with Gasteiger partial charge >= 0.3 is 6.03 Å². The lowest BCUT2D eigenvalue weighted by Gasteiger charge is -2.13. The van der Waals surface area contributed by atoms with E-state index < -0.39 is 0 Å². The fourth-order valence-electron chi connectivity index (χ4n) is 1.61. The minimum atomic E-state index is -0.111. The van der Waals surface area contributed by atoms with Crippen LogP contribution in [0.1, 0.15) is 19.8 Å². The van der Waals surface area contributed by atoms with E-state index in [9.17, 15) is 4.79 Å². The van der Waals surface area contributed by atoms with Crippen LogP contribution in [0.15, 0.2) is 30.3 Å². The van der Waals surface area contributed by atoms with Gasteiger partial charge in [-0.3, -0.25) is 0 Å². The molecule has 2 amide bonds. The number of anilines is 1. The van der Waals surface area contributed by atoms with Gasteiger partial charge in [-0.2, -0.15) is 0 Å². The third kappa shape index (κ3) is 2.98. The molecule has 0 bridgehead atoms. The van der Waals surface area contributed by atoms with Crippen LogP contribution in [0.4, 0.5) is 10.5 Å². The van der Waals surface area contributed by atoms with Gasteiger partial charge in [-0.25, -0.2) is 4.79 Å². The highest BCUT2D eigenvalue weighted by molar-refractivity contribution is 5.89. The summed E-state index contributed by atoms with van der Waals surface area (Å²) in [6, 6.07) is 9.66. The van der Waals surface area contributed by atoms with E-state index in [1.54, 1.807) is 0 Å². The Kier molecular flexibility index (Phi) is 2.90. The zero-order chi connectivity index (χ0) is 10.7. The van der Waals surface area contributed by atoms with E-state index in [2.05, 4.69) is 17.6 Å². The number of hydrogen-bond donors (Lipinski definition) is 2. The third-order valence-electron chi connectivity index (χ3n) is 2.72. The molecular formula is C12H16N2O. The van der Waals surface area contributed by atoms with Gasteiger partial charge < -0.3 is 10.6 Å². The number of amides is 2. The molecule has 1 atom stereocenters. The minimum absolute atomic E-state index is 0.111. The molecule has 1 aliphatic carbocycles. The molecule has 1 aliphatic rings. The summed E-state index contributed by atoms with van der Waals surface area (Å²) in [7, 11) is 0. The molecule has 0 heterocycles. The molecule has 0 saturated heterocycles. The molecule has 0 spiro atoms. The second-order valence-electron chi connectivity index (χ2n) is 4.09. The first-order valence-electron chi connectivity index (χ1n) is 5.38. The monoisotopic (exact) mass is 204 g/mol. The van der Waals surface area contributed by atoms with E-state index in [1.165, 1.54) is 12.8 Å². The van der Waals surface area contributed by atoms with Gasteiger partial charge in [0, 0.05) is 11.7 Å². The van der Waals surface area contributed by atoms with Crippen molar-refractivity contribution in [1.82, 2.24) is 5.32 Å². The number of rotatable bonds is 3. The molecule has 80 valence electrons. The van der Waals surface area contributed by atoms with Crippen LogP contribution < -0.4 is 10.6 Å². The molecule has 15 heavy (non-hydrogen) atoms. The van der Waals surface area contributed by atoms with Crippen molar-refractivity contribution in [3.05, 3.63) is 30.3 Å². The number of benzene rings is 1. The molecule has 1 fully saturated rings. The van der Waals surface area contributed by atoms with Crippen molar-refractivity contribution in [2.45, 2.75) is 25.8 Å². The Labute approximate surface area is 89.9 Å². The SMILES string of the molecule is C[C@@H](NC(=O)Nc1ccccc1)C1CC1. The number of carbonyl (C=O) groups is 1. The molecule has 0 radical (unpaired) electrons. The average Bonchev–Trinajstić information content (AvgIpc) is 3.01. The summed E-state index contributed by atoms with van der Waals surface area (Å²) in [4.78, 5) is 11.5. The van der Waals surface area contributed by atoms with Crippen molar-refractivity contribution >= 4 is 11.7 Å². The van der Waals surface area contributed by atoms with Crippen LogP contribution in [0.3, 0.4) is 0 Å². The number of carbonyl (C=O) groups excluding carboxylic acids is 1. The van der Waals surface area contributed by atoms with E-state index in [1.807, 2.05) is 30.3 Å². The fourth-order valence-corrected chi connectivity index (χ4v) is 1.61. The van der Waals surface area contributed by atoms with Crippen molar-refractivity contribution in [1.29, 1.82) is 0 Å². The van der Waals surface area contributed by atoms with Gasteiger partial charge in [0.1, 0.15) is 0 Å². The second kappa shape index (κ2) is 4.34. The Hall–Kier alpha value is -1.51. The molecule has 0 aromatic heterocycles.